The molecule has 0 saturated carbocycles. The van der Waals surface area contributed by atoms with Gasteiger partial charge in [0.05, 0.1) is 11.2 Å². The average Bonchev–Trinajstić information content (AvgIpc) is 2.89. The van der Waals surface area contributed by atoms with E-state index in [9.17, 15) is 4.39 Å². The summed E-state index contributed by atoms with van der Waals surface area (Å²) in [4.78, 5) is 7.93. The molecule has 1 aromatic carbocycles. The Kier molecular flexibility index (Phi) is 2.44. The van der Waals surface area contributed by atoms with E-state index in [1.54, 1.807) is 18.5 Å². The highest BCUT2D eigenvalue weighted by Gasteiger charge is 2.10. The molecule has 0 unspecified atom stereocenters. The minimum Gasteiger partial charge on any atom is -0.280 e. The van der Waals surface area contributed by atoms with Gasteiger partial charge in [-0.1, -0.05) is 6.07 Å². The van der Waals surface area contributed by atoms with Crippen LogP contribution in [0.25, 0.3) is 27.8 Å². The molecule has 0 bridgehead atoms. The van der Waals surface area contributed by atoms with Crippen LogP contribution in [0.4, 0.5) is 4.39 Å². The van der Waals surface area contributed by atoms with Gasteiger partial charge in [0.25, 0.3) is 0 Å². The molecule has 0 spiro atoms. The van der Waals surface area contributed by atoms with Gasteiger partial charge in [0.1, 0.15) is 11.8 Å². The number of hydrogen-bond donors (Lipinski definition) is 0. The minimum absolute atomic E-state index is 0.459. The maximum absolute atomic E-state index is 13.8. The summed E-state index contributed by atoms with van der Waals surface area (Å²) in [6.45, 7) is 1.88. The maximum Gasteiger partial charge on any atom is 0.220 e. The summed E-state index contributed by atoms with van der Waals surface area (Å²) in [5.74, 6) is -0.489. The molecular formula is C15H10FN5. The van der Waals surface area contributed by atoms with Crippen molar-refractivity contribution in [1.82, 2.24) is 24.6 Å². The number of halogens is 1. The number of aromatic nitrogens is 5. The minimum atomic E-state index is -0.489. The second-order valence-electron chi connectivity index (χ2n) is 4.77. The van der Waals surface area contributed by atoms with E-state index in [1.165, 1.54) is 6.20 Å². The van der Waals surface area contributed by atoms with Crippen LogP contribution in [-0.4, -0.2) is 24.6 Å². The Labute approximate surface area is 119 Å². The Morgan fingerprint density at radius 2 is 2.00 bits per heavy atom. The zero-order valence-electron chi connectivity index (χ0n) is 11.2. The predicted molar refractivity (Wildman–Crippen MR) is 76.2 cm³/mol. The fourth-order valence-corrected chi connectivity index (χ4v) is 2.40. The van der Waals surface area contributed by atoms with E-state index in [2.05, 4.69) is 20.2 Å². The molecule has 0 atom stereocenters. The highest BCUT2D eigenvalue weighted by molar-refractivity contribution is 5.83. The lowest BCUT2D eigenvalue weighted by Gasteiger charge is -2.05. The van der Waals surface area contributed by atoms with Crippen molar-refractivity contribution >= 4 is 16.7 Å². The zero-order valence-corrected chi connectivity index (χ0v) is 11.2. The SMILES string of the molecule is Cc1ncn2c1nnc1ccc(-c3cccnc3F)cc12. The normalized spacial score (nSPS) is 11.3. The molecule has 4 aromatic rings. The number of imidazole rings is 1. The number of nitrogens with zero attached hydrogens (tertiary/aromatic N) is 5. The fourth-order valence-electron chi connectivity index (χ4n) is 2.40. The summed E-state index contributed by atoms with van der Waals surface area (Å²) in [7, 11) is 0. The van der Waals surface area contributed by atoms with Crippen molar-refractivity contribution in [2.75, 3.05) is 0 Å². The van der Waals surface area contributed by atoms with Crippen LogP contribution in [-0.2, 0) is 0 Å². The molecule has 102 valence electrons. The third kappa shape index (κ3) is 1.76. The number of hydrogen-bond acceptors (Lipinski definition) is 4. The molecule has 0 aliphatic rings. The molecule has 0 fully saturated rings. The molecule has 6 heteroatoms. The van der Waals surface area contributed by atoms with Crippen molar-refractivity contribution < 1.29 is 4.39 Å². The lowest BCUT2D eigenvalue weighted by atomic mass is 10.1. The van der Waals surface area contributed by atoms with E-state index < -0.39 is 5.95 Å². The van der Waals surface area contributed by atoms with Crippen molar-refractivity contribution in [2.45, 2.75) is 6.92 Å². The third-order valence-electron chi connectivity index (χ3n) is 3.48. The Morgan fingerprint density at radius 3 is 2.86 bits per heavy atom. The van der Waals surface area contributed by atoms with E-state index in [0.29, 0.717) is 11.2 Å². The first-order valence-corrected chi connectivity index (χ1v) is 6.45. The van der Waals surface area contributed by atoms with Crippen molar-refractivity contribution in [3.05, 3.63) is 54.5 Å². The quantitative estimate of drug-likeness (QED) is 0.503. The summed E-state index contributed by atoms with van der Waals surface area (Å²) >= 11 is 0. The number of fused-ring (bicyclic) bond motifs is 3. The van der Waals surface area contributed by atoms with Crippen molar-refractivity contribution in [1.29, 1.82) is 0 Å². The van der Waals surface area contributed by atoms with Gasteiger partial charge in [-0.2, -0.15) is 4.39 Å². The van der Waals surface area contributed by atoms with Crippen LogP contribution in [0.5, 0.6) is 0 Å². The molecular weight excluding hydrogens is 269 g/mol. The number of benzene rings is 1. The second kappa shape index (κ2) is 4.31. The summed E-state index contributed by atoms with van der Waals surface area (Å²) in [6.07, 6.45) is 3.13. The number of rotatable bonds is 1. The molecule has 21 heavy (non-hydrogen) atoms. The molecule has 0 amide bonds. The average molecular weight is 279 g/mol. The molecule has 3 aromatic heterocycles. The van der Waals surface area contributed by atoms with Crippen LogP contribution < -0.4 is 0 Å². The molecule has 0 aliphatic carbocycles. The van der Waals surface area contributed by atoms with E-state index >= 15 is 0 Å². The smallest absolute Gasteiger partial charge is 0.220 e. The van der Waals surface area contributed by atoms with Gasteiger partial charge < -0.3 is 0 Å². The van der Waals surface area contributed by atoms with Crippen molar-refractivity contribution in [2.24, 2.45) is 0 Å². The van der Waals surface area contributed by atoms with Crippen molar-refractivity contribution in [3.8, 4) is 11.1 Å². The number of aryl methyl sites for hydroxylation is 1. The summed E-state index contributed by atoms with van der Waals surface area (Å²) in [5, 5.41) is 8.33. The van der Waals surface area contributed by atoms with Crippen LogP contribution in [0.15, 0.2) is 42.9 Å². The summed E-state index contributed by atoms with van der Waals surface area (Å²) < 4.78 is 15.7. The molecule has 4 rings (SSSR count). The lowest BCUT2D eigenvalue weighted by Crippen LogP contribution is -1.95. The summed E-state index contributed by atoms with van der Waals surface area (Å²) in [6, 6.07) is 8.92. The van der Waals surface area contributed by atoms with E-state index in [0.717, 1.165) is 22.3 Å². The van der Waals surface area contributed by atoms with Gasteiger partial charge in [-0.25, -0.2) is 9.97 Å². The Bertz CT molecular complexity index is 976. The zero-order chi connectivity index (χ0) is 14.4. The van der Waals surface area contributed by atoms with Gasteiger partial charge in [0.15, 0.2) is 5.65 Å². The molecule has 5 nitrogen and oxygen atoms in total. The highest BCUT2D eigenvalue weighted by atomic mass is 19.1. The van der Waals surface area contributed by atoms with Crippen LogP contribution >= 0.6 is 0 Å². The first-order valence-electron chi connectivity index (χ1n) is 6.45. The van der Waals surface area contributed by atoms with E-state index in [-0.39, 0.29) is 0 Å². The monoisotopic (exact) mass is 279 g/mol. The van der Waals surface area contributed by atoms with Gasteiger partial charge in [0.2, 0.25) is 5.95 Å². The largest absolute Gasteiger partial charge is 0.280 e. The maximum atomic E-state index is 13.8. The van der Waals surface area contributed by atoms with Gasteiger partial charge in [0, 0.05) is 11.8 Å². The van der Waals surface area contributed by atoms with E-state index in [1.807, 2.05) is 29.5 Å². The Balaban J connectivity index is 2.05. The molecule has 0 radical (unpaired) electrons. The van der Waals surface area contributed by atoms with E-state index in [4.69, 9.17) is 0 Å². The van der Waals surface area contributed by atoms with Crippen LogP contribution in [0.1, 0.15) is 5.69 Å². The van der Waals surface area contributed by atoms with Crippen molar-refractivity contribution in [3.63, 3.8) is 0 Å². The third-order valence-corrected chi connectivity index (χ3v) is 3.48. The molecule has 0 aliphatic heterocycles. The molecule has 0 N–H and O–H groups in total. The first kappa shape index (κ1) is 11.9. The van der Waals surface area contributed by atoms with Crippen LogP contribution in [0.2, 0.25) is 0 Å². The fraction of sp³-hybridized carbons (Fsp3) is 0.0667. The van der Waals surface area contributed by atoms with Gasteiger partial charge in [-0.3, -0.25) is 4.40 Å². The second-order valence-corrected chi connectivity index (χ2v) is 4.77. The van der Waals surface area contributed by atoms with Crippen LogP contribution in [0.3, 0.4) is 0 Å². The van der Waals surface area contributed by atoms with Crippen LogP contribution in [0, 0.1) is 12.9 Å². The van der Waals surface area contributed by atoms with Gasteiger partial charge in [-0.15, -0.1) is 10.2 Å². The lowest BCUT2D eigenvalue weighted by molar-refractivity contribution is 0.587. The highest BCUT2D eigenvalue weighted by Crippen LogP contribution is 2.25. The van der Waals surface area contributed by atoms with Gasteiger partial charge >= 0.3 is 0 Å². The predicted octanol–water partition coefficient (Wildman–Crippen LogP) is 2.79. The topological polar surface area (TPSA) is 56.0 Å². The Hall–Kier alpha value is -2.89. The molecule has 0 saturated heterocycles. The van der Waals surface area contributed by atoms with Gasteiger partial charge in [-0.05, 0) is 36.8 Å². The first-order chi connectivity index (χ1) is 10.2. The summed E-state index contributed by atoms with van der Waals surface area (Å²) in [5.41, 5.74) is 4.28. The Morgan fingerprint density at radius 1 is 1.10 bits per heavy atom. The number of pyridine rings is 1. The molecule has 3 heterocycles. The standard InChI is InChI=1S/C15H10FN5/c1-9-15-20-19-12-5-4-10(7-13(12)21(15)8-18-9)11-3-2-6-17-14(11)16/h2-8H,1H3.